The first kappa shape index (κ1) is 29.6. The Kier molecular flexibility index (Phi) is 10.4. The molecule has 0 aliphatic heterocycles. The van der Waals surface area contributed by atoms with Gasteiger partial charge in [-0.25, -0.2) is 12.8 Å². The summed E-state index contributed by atoms with van der Waals surface area (Å²) in [6.07, 6.45) is 1.70. The zero-order valence-corrected chi connectivity index (χ0v) is 23.2. The van der Waals surface area contributed by atoms with Crippen molar-refractivity contribution in [3.05, 3.63) is 90.2 Å². The molecule has 0 saturated heterocycles. The van der Waals surface area contributed by atoms with E-state index in [0.29, 0.717) is 12.3 Å². The van der Waals surface area contributed by atoms with Crippen LogP contribution in [0.2, 0.25) is 0 Å². The van der Waals surface area contributed by atoms with Crippen LogP contribution in [0.4, 0.5) is 10.1 Å². The minimum atomic E-state index is -4.25. The number of hydrogen-bond acceptors (Lipinski definition) is 5. The van der Waals surface area contributed by atoms with Crippen molar-refractivity contribution >= 4 is 27.5 Å². The van der Waals surface area contributed by atoms with Gasteiger partial charge in [-0.15, -0.1) is 0 Å². The Morgan fingerprint density at radius 2 is 1.62 bits per heavy atom. The number of hydrogen-bond donors (Lipinski definition) is 1. The van der Waals surface area contributed by atoms with Gasteiger partial charge in [0, 0.05) is 13.1 Å². The van der Waals surface area contributed by atoms with Crippen LogP contribution in [0.5, 0.6) is 5.75 Å². The third-order valence-corrected chi connectivity index (χ3v) is 8.02. The van der Waals surface area contributed by atoms with Crippen molar-refractivity contribution in [3.63, 3.8) is 0 Å². The monoisotopic (exact) mass is 555 g/mol. The summed E-state index contributed by atoms with van der Waals surface area (Å²) in [5, 5.41) is 2.84. The number of methoxy groups -OCH3 is 1. The van der Waals surface area contributed by atoms with E-state index in [1.54, 1.807) is 6.92 Å². The Hall–Kier alpha value is -3.92. The number of unbranched alkanes of at least 4 members (excludes halogenated alkanes) is 1. The Morgan fingerprint density at radius 3 is 2.21 bits per heavy atom. The van der Waals surface area contributed by atoms with E-state index in [4.69, 9.17) is 4.74 Å². The van der Waals surface area contributed by atoms with Gasteiger partial charge in [-0.2, -0.15) is 0 Å². The van der Waals surface area contributed by atoms with Crippen molar-refractivity contribution in [1.82, 2.24) is 10.2 Å². The predicted octanol–water partition coefficient (Wildman–Crippen LogP) is 4.36. The molecule has 0 heterocycles. The molecule has 0 aromatic heterocycles. The fourth-order valence-corrected chi connectivity index (χ4v) is 5.32. The SMILES string of the molecule is CCCCNC(=O)C(C)N(Cc1ccccc1)C(=O)CN(c1ccc(F)cc1)S(=O)(=O)c1ccc(OC)cc1. The standard InChI is InChI=1S/C29H34FN3O5S/c1-4-5-19-31-29(35)22(2)32(20-23-9-7-6-8-10-23)28(34)21-33(25-13-11-24(30)12-14-25)39(36,37)27-17-15-26(38-3)16-18-27/h6-18,22H,4-5,19-21H2,1-3H3,(H,31,35). The molecule has 0 aliphatic rings. The summed E-state index contributed by atoms with van der Waals surface area (Å²) in [5.41, 5.74) is 0.894. The van der Waals surface area contributed by atoms with E-state index in [1.165, 1.54) is 48.4 Å². The van der Waals surface area contributed by atoms with Crippen LogP contribution in [0, 0.1) is 5.82 Å². The molecule has 0 aliphatic carbocycles. The third-order valence-electron chi connectivity index (χ3n) is 6.23. The summed E-state index contributed by atoms with van der Waals surface area (Å²) in [6.45, 7) is 3.60. The number of anilines is 1. The molecule has 1 N–H and O–H groups in total. The van der Waals surface area contributed by atoms with Gasteiger partial charge < -0.3 is 15.0 Å². The Balaban J connectivity index is 1.98. The first-order valence-electron chi connectivity index (χ1n) is 12.7. The molecule has 3 rings (SSSR count). The topological polar surface area (TPSA) is 96.0 Å². The Bertz CT molecular complexity index is 1330. The maximum Gasteiger partial charge on any atom is 0.264 e. The molecule has 1 atom stereocenters. The van der Waals surface area contributed by atoms with Crippen LogP contribution in [0.25, 0.3) is 0 Å². The van der Waals surface area contributed by atoms with Gasteiger partial charge in [0.1, 0.15) is 24.2 Å². The molecule has 0 bridgehead atoms. The lowest BCUT2D eigenvalue weighted by Gasteiger charge is -2.32. The molecule has 3 aromatic rings. The zero-order valence-electron chi connectivity index (χ0n) is 22.3. The van der Waals surface area contributed by atoms with Gasteiger partial charge in [0.05, 0.1) is 17.7 Å². The van der Waals surface area contributed by atoms with Gasteiger partial charge >= 0.3 is 0 Å². The van der Waals surface area contributed by atoms with Crippen molar-refractivity contribution < 1.29 is 27.1 Å². The second kappa shape index (κ2) is 13.7. The molecule has 0 fully saturated rings. The van der Waals surface area contributed by atoms with E-state index in [-0.39, 0.29) is 23.0 Å². The lowest BCUT2D eigenvalue weighted by Crippen LogP contribution is -2.51. The highest BCUT2D eigenvalue weighted by Gasteiger charge is 2.32. The van der Waals surface area contributed by atoms with Crippen LogP contribution in [0.3, 0.4) is 0 Å². The second-order valence-corrected chi connectivity index (χ2v) is 10.9. The normalized spacial score (nSPS) is 11.9. The number of carbonyl (C=O) groups excluding carboxylic acids is 2. The molecular formula is C29H34FN3O5S. The fraction of sp³-hybridized carbons (Fsp3) is 0.310. The summed E-state index contributed by atoms with van der Waals surface area (Å²) in [7, 11) is -2.78. The summed E-state index contributed by atoms with van der Waals surface area (Å²) < 4.78 is 47.3. The molecule has 1 unspecified atom stereocenters. The molecule has 0 radical (unpaired) electrons. The summed E-state index contributed by atoms with van der Waals surface area (Å²) in [4.78, 5) is 28.0. The van der Waals surface area contributed by atoms with Gasteiger partial charge in [-0.1, -0.05) is 43.7 Å². The molecule has 0 spiro atoms. The molecule has 8 nitrogen and oxygen atoms in total. The predicted molar refractivity (Wildman–Crippen MR) is 148 cm³/mol. The number of amides is 2. The third kappa shape index (κ3) is 7.79. The Morgan fingerprint density at radius 1 is 0.974 bits per heavy atom. The van der Waals surface area contributed by atoms with Crippen LogP contribution in [0.1, 0.15) is 32.3 Å². The first-order valence-corrected chi connectivity index (χ1v) is 14.1. The van der Waals surface area contributed by atoms with Crippen molar-refractivity contribution in [3.8, 4) is 5.75 Å². The number of nitrogens with zero attached hydrogens (tertiary/aromatic N) is 2. The average Bonchev–Trinajstić information content (AvgIpc) is 2.95. The largest absolute Gasteiger partial charge is 0.497 e. The lowest BCUT2D eigenvalue weighted by atomic mass is 10.1. The molecule has 2 amide bonds. The molecule has 208 valence electrons. The maximum absolute atomic E-state index is 13.8. The first-order chi connectivity index (χ1) is 18.7. The van der Waals surface area contributed by atoms with E-state index in [1.807, 2.05) is 37.3 Å². The quantitative estimate of drug-likeness (QED) is 0.316. The van der Waals surface area contributed by atoms with Crippen molar-refractivity contribution in [2.75, 3.05) is 24.5 Å². The van der Waals surface area contributed by atoms with Gasteiger partial charge in [0.25, 0.3) is 10.0 Å². The summed E-state index contributed by atoms with van der Waals surface area (Å²) in [5.74, 6) is -0.997. The number of ether oxygens (including phenoxy) is 1. The molecule has 39 heavy (non-hydrogen) atoms. The summed E-state index contributed by atoms with van der Waals surface area (Å²) >= 11 is 0. The van der Waals surface area contributed by atoms with Crippen molar-refractivity contribution in [2.45, 2.75) is 44.2 Å². The highest BCUT2D eigenvalue weighted by Crippen LogP contribution is 2.26. The van der Waals surface area contributed by atoms with Gasteiger partial charge in [0.15, 0.2) is 0 Å². The van der Waals surface area contributed by atoms with Crippen LogP contribution in [0.15, 0.2) is 83.8 Å². The molecular weight excluding hydrogens is 521 g/mol. The number of sulfonamides is 1. The Labute approximate surface area is 229 Å². The van der Waals surface area contributed by atoms with E-state index in [9.17, 15) is 22.4 Å². The van der Waals surface area contributed by atoms with Crippen LogP contribution < -0.4 is 14.4 Å². The van der Waals surface area contributed by atoms with E-state index in [2.05, 4.69) is 5.32 Å². The van der Waals surface area contributed by atoms with Crippen molar-refractivity contribution in [1.29, 1.82) is 0 Å². The number of rotatable bonds is 13. The second-order valence-electron chi connectivity index (χ2n) is 8.99. The minimum Gasteiger partial charge on any atom is -0.497 e. The average molecular weight is 556 g/mol. The minimum absolute atomic E-state index is 0.0691. The lowest BCUT2D eigenvalue weighted by molar-refractivity contribution is -0.139. The van der Waals surface area contributed by atoms with Crippen LogP contribution in [-0.2, 0) is 26.2 Å². The molecule has 3 aromatic carbocycles. The number of carbonyl (C=O) groups is 2. The van der Waals surface area contributed by atoms with Crippen LogP contribution >= 0.6 is 0 Å². The highest BCUT2D eigenvalue weighted by atomic mass is 32.2. The maximum atomic E-state index is 13.8. The van der Waals surface area contributed by atoms with Gasteiger partial charge in [0.2, 0.25) is 11.8 Å². The molecule has 0 saturated carbocycles. The number of nitrogens with one attached hydrogen (secondary N) is 1. The smallest absolute Gasteiger partial charge is 0.264 e. The zero-order chi connectivity index (χ0) is 28.4. The van der Waals surface area contributed by atoms with Gasteiger partial charge in [-0.05, 0) is 67.4 Å². The fourth-order valence-electron chi connectivity index (χ4n) is 3.91. The van der Waals surface area contributed by atoms with Gasteiger partial charge in [-0.3, -0.25) is 13.9 Å². The molecule has 10 heteroatoms. The summed E-state index contributed by atoms with van der Waals surface area (Å²) in [6, 6.07) is 18.9. The van der Waals surface area contributed by atoms with E-state index < -0.39 is 34.3 Å². The highest BCUT2D eigenvalue weighted by molar-refractivity contribution is 7.92. The number of benzene rings is 3. The van der Waals surface area contributed by atoms with Crippen LogP contribution in [-0.4, -0.2) is 51.4 Å². The number of halogens is 1. The van der Waals surface area contributed by atoms with E-state index >= 15 is 0 Å². The van der Waals surface area contributed by atoms with Crippen molar-refractivity contribution in [2.24, 2.45) is 0 Å². The van der Waals surface area contributed by atoms with E-state index in [0.717, 1.165) is 34.8 Å².